The molecule has 0 aliphatic rings. The van der Waals surface area contributed by atoms with E-state index in [1.165, 1.54) is 5.56 Å². The van der Waals surface area contributed by atoms with Crippen LogP contribution in [-0.4, -0.2) is 30.1 Å². The molecule has 5 heteroatoms. The van der Waals surface area contributed by atoms with Crippen molar-refractivity contribution in [2.75, 3.05) is 13.1 Å². The first-order valence-electron chi connectivity index (χ1n) is 6.27. The summed E-state index contributed by atoms with van der Waals surface area (Å²) in [5.41, 5.74) is 2.37. The fraction of sp³-hybridized carbons (Fsp3) is 0.429. The van der Waals surface area contributed by atoms with Crippen molar-refractivity contribution in [2.24, 2.45) is 0 Å². The molecule has 0 fully saturated rings. The van der Waals surface area contributed by atoms with E-state index in [1.54, 1.807) is 0 Å². The number of carbonyl (C=O) groups excluding carboxylic acids is 1. The van der Waals surface area contributed by atoms with E-state index in [9.17, 15) is 9.59 Å². The Morgan fingerprint density at radius 3 is 2.32 bits per heavy atom. The van der Waals surface area contributed by atoms with E-state index < -0.39 is 5.97 Å². The normalized spacial score (nSPS) is 10.5. The van der Waals surface area contributed by atoms with Gasteiger partial charge >= 0.3 is 5.97 Å². The minimum absolute atomic E-state index is 0.110. The van der Waals surface area contributed by atoms with Gasteiger partial charge in [0.25, 0.3) is 0 Å². The summed E-state index contributed by atoms with van der Waals surface area (Å²) >= 11 is 0. The van der Waals surface area contributed by atoms with Gasteiger partial charge in [0, 0.05) is 6.54 Å². The second-order valence-corrected chi connectivity index (χ2v) is 4.67. The molecule has 1 amide bonds. The van der Waals surface area contributed by atoms with Gasteiger partial charge in [0.2, 0.25) is 5.91 Å². The second-order valence-electron chi connectivity index (χ2n) is 4.67. The van der Waals surface area contributed by atoms with E-state index in [1.807, 2.05) is 12.1 Å². The van der Waals surface area contributed by atoms with Crippen LogP contribution >= 0.6 is 0 Å². The highest BCUT2D eigenvalue weighted by Gasteiger charge is 2.03. The number of hydrogen-bond acceptors (Lipinski definition) is 3. The van der Waals surface area contributed by atoms with Gasteiger partial charge in [0.15, 0.2) is 0 Å². The lowest BCUT2D eigenvalue weighted by molar-refractivity contribution is -0.137. The van der Waals surface area contributed by atoms with E-state index in [0.29, 0.717) is 12.5 Å². The maximum Gasteiger partial charge on any atom is 0.322 e. The Kier molecular flexibility index (Phi) is 6.02. The maximum absolute atomic E-state index is 11.2. The van der Waals surface area contributed by atoms with Crippen LogP contribution in [0.1, 0.15) is 30.9 Å². The van der Waals surface area contributed by atoms with Crippen LogP contribution in [0.2, 0.25) is 0 Å². The third-order valence-corrected chi connectivity index (χ3v) is 2.70. The highest BCUT2D eigenvalue weighted by Crippen LogP contribution is 2.14. The molecule has 1 aromatic carbocycles. The minimum Gasteiger partial charge on any atom is -0.480 e. The monoisotopic (exact) mass is 264 g/mol. The summed E-state index contributed by atoms with van der Waals surface area (Å²) in [6.07, 6.45) is 0. The van der Waals surface area contributed by atoms with Crippen LogP contribution in [-0.2, 0) is 16.1 Å². The minimum atomic E-state index is -1.04. The van der Waals surface area contributed by atoms with Crippen LogP contribution in [0.25, 0.3) is 0 Å². The fourth-order valence-corrected chi connectivity index (χ4v) is 1.58. The number of carboxylic acids is 1. The molecule has 0 unspecified atom stereocenters. The van der Waals surface area contributed by atoms with Crippen molar-refractivity contribution in [3.8, 4) is 0 Å². The van der Waals surface area contributed by atoms with Gasteiger partial charge in [-0.3, -0.25) is 9.59 Å². The zero-order valence-corrected chi connectivity index (χ0v) is 11.3. The van der Waals surface area contributed by atoms with Crippen molar-refractivity contribution >= 4 is 11.9 Å². The standard InChI is InChI=1S/C14H20N2O3/c1-10(2)12-5-3-11(4-6-12)7-15-8-13(17)16-9-14(18)19/h3-6,10,15H,7-9H2,1-2H3,(H,16,17)(H,18,19). The quantitative estimate of drug-likeness (QED) is 0.689. The first-order chi connectivity index (χ1) is 8.99. The number of nitrogens with one attached hydrogen (secondary N) is 2. The zero-order chi connectivity index (χ0) is 14.3. The molecule has 0 aliphatic carbocycles. The lowest BCUT2D eigenvalue weighted by Crippen LogP contribution is -2.36. The molecule has 19 heavy (non-hydrogen) atoms. The number of benzene rings is 1. The molecule has 5 nitrogen and oxygen atoms in total. The molecule has 0 aromatic heterocycles. The van der Waals surface area contributed by atoms with Crippen LogP contribution in [0.4, 0.5) is 0 Å². The molecule has 0 heterocycles. The number of carboxylic acid groups (broad SMARTS) is 1. The first-order valence-corrected chi connectivity index (χ1v) is 6.27. The number of rotatable bonds is 7. The summed E-state index contributed by atoms with van der Waals surface area (Å²) in [6, 6.07) is 8.20. The number of carbonyl (C=O) groups is 2. The molecular weight excluding hydrogens is 244 g/mol. The molecule has 0 atom stereocenters. The van der Waals surface area contributed by atoms with Crippen molar-refractivity contribution in [1.29, 1.82) is 0 Å². The second kappa shape index (κ2) is 7.53. The van der Waals surface area contributed by atoms with Crippen molar-refractivity contribution in [3.63, 3.8) is 0 Å². The van der Waals surface area contributed by atoms with Crippen molar-refractivity contribution in [2.45, 2.75) is 26.3 Å². The molecule has 1 aromatic rings. The predicted molar refractivity (Wildman–Crippen MR) is 72.9 cm³/mol. The van der Waals surface area contributed by atoms with E-state index in [-0.39, 0.29) is 19.0 Å². The van der Waals surface area contributed by atoms with Crippen molar-refractivity contribution < 1.29 is 14.7 Å². The van der Waals surface area contributed by atoms with Gasteiger partial charge in [0.1, 0.15) is 6.54 Å². The summed E-state index contributed by atoms with van der Waals surface area (Å²) in [7, 11) is 0. The summed E-state index contributed by atoms with van der Waals surface area (Å²) in [5.74, 6) is -0.859. The first kappa shape index (κ1) is 15.2. The van der Waals surface area contributed by atoms with Gasteiger partial charge in [-0.25, -0.2) is 0 Å². The number of hydrogen-bond donors (Lipinski definition) is 3. The topological polar surface area (TPSA) is 78.4 Å². The van der Waals surface area contributed by atoms with Crippen LogP contribution in [0.15, 0.2) is 24.3 Å². The van der Waals surface area contributed by atoms with Gasteiger partial charge < -0.3 is 15.7 Å². The zero-order valence-electron chi connectivity index (χ0n) is 11.3. The van der Waals surface area contributed by atoms with Crippen molar-refractivity contribution in [1.82, 2.24) is 10.6 Å². The molecule has 0 aliphatic heterocycles. The van der Waals surface area contributed by atoms with Gasteiger partial charge in [0.05, 0.1) is 6.54 Å². The molecule has 0 spiro atoms. The fourth-order valence-electron chi connectivity index (χ4n) is 1.58. The average Bonchev–Trinajstić information content (AvgIpc) is 2.37. The Morgan fingerprint density at radius 2 is 1.79 bits per heavy atom. The third-order valence-electron chi connectivity index (χ3n) is 2.70. The third kappa shape index (κ3) is 6.01. The summed E-state index contributed by atoms with van der Waals surface area (Å²) in [5, 5.41) is 13.7. The highest BCUT2D eigenvalue weighted by molar-refractivity contribution is 5.82. The maximum atomic E-state index is 11.2. The summed E-state index contributed by atoms with van der Waals surface area (Å²) < 4.78 is 0. The van der Waals surface area contributed by atoms with E-state index in [0.717, 1.165) is 5.56 Å². The molecule has 0 radical (unpaired) electrons. The lowest BCUT2D eigenvalue weighted by Gasteiger charge is -2.08. The molecule has 0 saturated heterocycles. The van der Waals surface area contributed by atoms with Crippen LogP contribution < -0.4 is 10.6 Å². The van der Waals surface area contributed by atoms with Gasteiger partial charge in [-0.1, -0.05) is 38.1 Å². The SMILES string of the molecule is CC(C)c1ccc(CNCC(=O)NCC(=O)O)cc1. The van der Waals surface area contributed by atoms with Gasteiger partial charge in [-0.05, 0) is 17.0 Å². The highest BCUT2D eigenvalue weighted by atomic mass is 16.4. The Bertz CT molecular complexity index is 427. The van der Waals surface area contributed by atoms with Crippen LogP contribution in [0.5, 0.6) is 0 Å². The van der Waals surface area contributed by atoms with Crippen LogP contribution in [0, 0.1) is 0 Å². The van der Waals surface area contributed by atoms with E-state index >= 15 is 0 Å². The smallest absolute Gasteiger partial charge is 0.322 e. The lowest BCUT2D eigenvalue weighted by atomic mass is 10.0. The Hall–Kier alpha value is -1.88. The summed E-state index contributed by atoms with van der Waals surface area (Å²) in [6.45, 7) is 4.63. The van der Waals surface area contributed by atoms with Gasteiger partial charge in [-0.2, -0.15) is 0 Å². The van der Waals surface area contributed by atoms with Crippen molar-refractivity contribution in [3.05, 3.63) is 35.4 Å². The van der Waals surface area contributed by atoms with E-state index in [2.05, 4.69) is 36.6 Å². The molecule has 0 bridgehead atoms. The Labute approximate surface area is 113 Å². The molecule has 104 valence electrons. The Balaban J connectivity index is 2.29. The van der Waals surface area contributed by atoms with Gasteiger partial charge in [-0.15, -0.1) is 0 Å². The predicted octanol–water partition coefficient (Wildman–Crippen LogP) is 1.10. The molecule has 1 rings (SSSR count). The molecule has 0 saturated carbocycles. The average molecular weight is 264 g/mol. The molecular formula is C14H20N2O3. The largest absolute Gasteiger partial charge is 0.480 e. The number of aliphatic carboxylic acids is 1. The molecule has 3 N–H and O–H groups in total. The summed E-state index contributed by atoms with van der Waals surface area (Å²) in [4.78, 5) is 21.5. The Morgan fingerprint density at radius 1 is 1.16 bits per heavy atom. The van der Waals surface area contributed by atoms with Crippen LogP contribution in [0.3, 0.4) is 0 Å². The van der Waals surface area contributed by atoms with E-state index in [4.69, 9.17) is 5.11 Å². The number of amides is 1.